The van der Waals surface area contributed by atoms with E-state index in [4.69, 9.17) is 4.74 Å². The van der Waals surface area contributed by atoms with E-state index in [2.05, 4.69) is 10.6 Å². The van der Waals surface area contributed by atoms with E-state index in [1.807, 2.05) is 0 Å². The van der Waals surface area contributed by atoms with Gasteiger partial charge in [-0.25, -0.2) is 4.39 Å². The summed E-state index contributed by atoms with van der Waals surface area (Å²) in [7, 11) is 1.45. The summed E-state index contributed by atoms with van der Waals surface area (Å²) in [6.07, 6.45) is 1.66. The Balaban J connectivity index is 0.00000180. The average molecular weight is 289 g/mol. The minimum atomic E-state index is -0.383. The Morgan fingerprint density at radius 1 is 1.42 bits per heavy atom. The third kappa shape index (κ3) is 4.08. The van der Waals surface area contributed by atoms with Crippen LogP contribution in [0, 0.1) is 11.7 Å². The van der Waals surface area contributed by atoms with Crippen LogP contribution in [-0.4, -0.2) is 26.1 Å². The van der Waals surface area contributed by atoms with Crippen molar-refractivity contribution in [2.24, 2.45) is 5.92 Å². The smallest absolute Gasteiger partial charge is 0.227 e. The normalized spacial score (nSPS) is 15.5. The number of hydrogen-bond donors (Lipinski definition) is 2. The fraction of sp³-hybridized carbons (Fsp3) is 0.462. The van der Waals surface area contributed by atoms with Crippen LogP contribution in [-0.2, 0) is 4.79 Å². The Kier molecular flexibility index (Phi) is 6.05. The lowest BCUT2D eigenvalue weighted by Crippen LogP contribution is -2.34. The molecule has 0 aromatic heterocycles. The first-order chi connectivity index (χ1) is 8.70. The van der Waals surface area contributed by atoms with E-state index in [1.54, 1.807) is 0 Å². The molecule has 0 saturated carbocycles. The van der Waals surface area contributed by atoms with Gasteiger partial charge in [-0.3, -0.25) is 4.79 Å². The molecular formula is C13H18ClFN2O2. The van der Waals surface area contributed by atoms with Crippen molar-refractivity contribution < 1.29 is 13.9 Å². The number of nitrogens with one attached hydrogen (secondary N) is 2. The molecule has 0 aliphatic carbocycles. The largest absolute Gasteiger partial charge is 0.494 e. The van der Waals surface area contributed by atoms with Crippen molar-refractivity contribution in [2.75, 3.05) is 25.5 Å². The Morgan fingerprint density at radius 2 is 2.11 bits per heavy atom. The molecule has 1 fully saturated rings. The lowest BCUT2D eigenvalue weighted by atomic mass is 9.97. The van der Waals surface area contributed by atoms with E-state index < -0.39 is 0 Å². The lowest BCUT2D eigenvalue weighted by Gasteiger charge is -2.22. The minimum Gasteiger partial charge on any atom is -0.494 e. The third-order valence-corrected chi connectivity index (χ3v) is 3.13. The van der Waals surface area contributed by atoms with Gasteiger partial charge in [0.25, 0.3) is 0 Å². The fourth-order valence-corrected chi connectivity index (χ4v) is 2.09. The van der Waals surface area contributed by atoms with Crippen LogP contribution in [0.2, 0.25) is 0 Å². The highest BCUT2D eigenvalue weighted by atomic mass is 35.5. The maximum atomic E-state index is 13.0. The summed E-state index contributed by atoms with van der Waals surface area (Å²) in [6, 6.07) is 4.09. The molecule has 106 valence electrons. The quantitative estimate of drug-likeness (QED) is 0.896. The highest BCUT2D eigenvalue weighted by molar-refractivity contribution is 5.94. The highest BCUT2D eigenvalue weighted by Gasteiger charge is 2.21. The van der Waals surface area contributed by atoms with Gasteiger partial charge in [0.15, 0.2) is 0 Å². The SMILES string of the molecule is COc1cc(F)ccc1NC(=O)C1CCNCC1.Cl. The molecule has 1 aromatic rings. The molecule has 6 heteroatoms. The number of ether oxygens (including phenoxy) is 1. The van der Waals surface area contributed by atoms with E-state index in [1.165, 1.54) is 25.3 Å². The Bertz CT molecular complexity index is 437. The number of benzene rings is 1. The second-order valence-electron chi connectivity index (χ2n) is 4.36. The summed E-state index contributed by atoms with van der Waals surface area (Å²) in [6.45, 7) is 1.72. The number of carbonyl (C=O) groups is 1. The van der Waals surface area contributed by atoms with E-state index in [0.29, 0.717) is 11.4 Å². The predicted octanol–water partition coefficient (Wildman–Crippen LogP) is 2.19. The van der Waals surface area contributed by atoms with E-state index in [9.17, 15) is 9.18 Å². The molecule has 0 atom stereocenters. The molecule has 19 heavy (non-hydrogen) atoms. The molecule has 1 aliphatic heterocycles. The van der Waals surface area contributed by atoms with Gasteiger partial charge in [0.2, 0.25) is 5.91 Å². The van der Waals surface area contributed by atoms with Gasteiger partial charge in [0.1, 0.15) is 11.6 Å². The first-order valence-electron chi connectivity index (χ1n) is 6.06. The van der Waals surface area contributed by atoms with Crippen molar-refractivity contribution in [1.82, 2.24) is 5.32 Å². The molecular weight excluding hydrogens is 271 g/mol. The average Bonchev–Trinajstić information content (AvgIpc) is 2.41. The first-order valence-corrected chi connectivity index (χ1v) is 6.06. The molecule has 1 amide bonds. The van der Waals surface area contributed by atoms with Gasteiger partial charge in [-0.05, 0) is 38.1 Å². The molecule has 0 radical (unpaired) electrons. The maximum Gasteiger partial charge on any atom is 0.227 e. The summed E-state index contributed by atoms with van der Waals surface area (Å²) in [5.74, 6) is -0.0496. The third-order valence-electron chi connectivity index (χ3n) is 3.13. The standard InChI is InChI=1S/C13H17FN2O2.ClH/c1-18-12-8-10(14)2-3-11(12)16-13(17)9-4-6-15-7-5-9;/h2-3,8-9,15H,4-7H2,1H3,(H,16,17);1H. The second-order valence-corrected chi connectivity index (χ2v) is 4.36. The molecule has 1 aromatic carbocycles. The summed E-state index contributed by atoms with van der Waals surface area (Å²) < 4.78 is 18.1. The highest BCUT2D eigenvalue weighted by Crippen LogP contribution is 2.26. The molecule has 1 saturated heterocycles. The predicted molar refractivity (Wildman–Crippen MR) is 74.4 cm³/mol. The zero-order chi connectivity index (χ0) is 13.0. The van der Waals surface area contributed by atoms with Crippen LogP contribution in [0.1, 0.15) is 12.8 Å². The van der Waals surface area contributed by atoms with Gasteiger partial charge < -0.3 is 15.4 Å². The second kappa shape index (κ2) is 7.31. The van der Waals surface area contributed by atoms with Gasteiger partial charge in [0, 0.05) is 12.0 Å². The molecule has 2 N–H and O–H groups in total. The van der Waals surface area contributed by atoms with E-state index in [0.717, 1.165) is 25.9 Å². The fourth-order valence-electron chi connectivity index (χ4n) is 2.09. The molecule has 1 heterocycles. The minimum absolute atomic E-state index is 0. The zero-order valence-electron chi connectivity index (χ0n) is 10.7. The number of halogens is 2. The van der Waals surface area contributed by atoms with Crippen molar-refractivity contribution in [1.29, 1.82) is 0 Å². The summed E-state index contributed by atoms with van der Waals surface area (Å²) >= 11 is 0. The summed E-state index contributed by atoms with van der Waals surface area (Å²) in [5, 5.41) is 6.01. The van der Waals surface area contributed by atoms with E-state index >= 15 is 0 Å². The van der Waals surface area contributed by atoms with Crippen molar-refractivity contribution in [3.63, 3.8) is 0 Å². The van der Waals surface area contributed by atoms with Gasteiger partial charge in [-0.2, -0.15) is 0 Å². The first kappa shape index (κ1) is 15.7. The molecule has 1 aliphatic rings. The van der Waals surface area contributed by atoms with Gasteiger partial charge in [-0.1, -0.05) is 0 Å². The van der Waals surface area contributed by atoms with Crippen LogP contribution >= 0.6 is 12.4 Å². The number of amides is 1. The Morgan fingerprint density at radius 3 is 2.74 bits per heavy atom. The number of hydrogen-bond acceptors (Lipinski definition) is 3. The van der Waals surface area contributed by atoms with Crippen molar-refractivity contribution in [3.05, 3.63) is 24.0 Å². The Labute approximate surface area is 118 Å². The number of piperidine rings is 1. The van der Waals surface area contributed by atoms with Gasteiger partial charge in [-0.15, -0.1) is 12.4 Å². The molecule has 2 rings (SSSR count). The number of carbonyl (C=O) groups excluding carboxylic acids is 1. The van der Waals surface area contributed by atoms with Crippen LogP contribution in [0.25, 0.3) is 0 Å². The molecule has 4 nitrogen and oxygen atoms in total. The zero-order valence-corrected chi connectivity index (χ0v) is 11.6. The van der Waals surface area contributed by atoms with Gasteiger partial charge >= 0.3 is 0 Å². The van der Waals surface area contributed by atoms with Crippen LogP contribution in [0.15, 0.2) is 18.2 Å². The lowest BCUT2D eigenvalue weighted by molar-refractivity contribution is -0.120. The number of anilines is 1. The topological polar surface area (TPSA) is 50.4 Å². The van der Waals surface area contributed by atoms with Gasteiger partial charge in [0.05, 0.1) is 12.8 Å². The van der Waals surface area contributed by atoms with Crippen LogP contribution in [0.5, 0.6) is 5.75 Å². The van der Waals surface area contributed by atoms with Crippen molar-refractivity contribution in [2.45, 2.75) is 12.8 Å². The van der Waals surface area contributed by atoms with E-state index in [-0.39, 0.29) is 30.0 Å². The van der Waals surface area contributed by atoms with Crippen LogP contribution in [0.3, 0.4) is 0 Å². The van der Waals surface area contributed by atoms with Crippen LogP contribution in [0.4, 0.5) is 10.1 Å². The molecule has 0 bridgehead atoms. The monoisotopic (exact) mass is 288 g/mol. The molecule has 0 unspecified atom stereocenters. The van der Waals surface area contributed by atoms with Crippen molar-refractivity contribution >= 4 is 24.0 Å². The number of methoxy groups -OCH3 is 1. The molecule has 0 spiro atoms. The summed E-state index contributed by atoms with van der Waals surface area (Å²) in [5.41, 5.74) is 0.516. The maximum absolute atomic E-state index is 13.0. The Hall–Kier alpha value is -1.33. The summed E-state index contributed by atoms with van der Waals surface area (Å²) in [4.78, 5) is 12.0. The van der Waals surface area contributed by atoms with Crippen LogP contribution < -0.4 is 15.4 Å². The van der Waals surface area contributed by atoms with Crippen molar-refractivity contribution in [3.8, 4) is 5.75 Å². The number of rotatable bonds is 3.